The molecule has 0 saturated carbocycles. The summed E-state index contributed by atoms with van der Waals surface area (Å²) in [5.41, 5.74) is 16.5. The maximum Gasteiger partial charge on any atom is 0.160 e. The van der Waals surface area contributed by atoms with Gasteiger partial charge in [-0.15, -0.1) is 0 Å². The van der Waals surface area contributed by atoms with Gasteiger partial charge < -0.3 is 0 Å². The van der Waals surface area contributed by atoms with Crippen LogP contribution in [0, 0.1) is 0 Å². The number of para-hydroxylation sites is 1. The number of rotatable bonds is 3. The topological polar surface area (TPSA) is 25.8 Å². The number of hydrogen-bond acceptors (Lipinski definition) is 2. The van der Waals surface area contributed by atoms with Crippen LogP contribution < -0.4 is 0 Å². The lowest BCUT2D eigenvalue weighted by molar-refractivity contribution is 0.803. The average Bonchev–Trinajstić information content (AvgIpc) is 3.78. The first-order chi connectivity index (χ1) is 29.3. The summed E-state index contributed by atoms with van der Waals surface area (Å²) >= 11 is 0. The molecule has 1 heterocycles. The molecule has 0 aliphatic heterocycles. The van der Waals surface area contributed by atoms with E-state index in [0.717, 1.165) is 33.5 Å². The van der Waals surface area contributed by atoms with Crippen LogP contribution >= 0.6 is 0 Å². The smallest absolute Gasteiger partial charge is 0.160 e. The van der Waals surface area contributed by atoms with E-state index in [2.05, 4.69) is 206 Å². The van der Waals surface area contributed by atoms with Crippen LogP contribution in [-0.2, 0) is 5.41 Å². The van der Waals surface area contributed by atoms with Crippen molar-refractivity contribution < 1.29 is 0 Å². The van der Waals surface area contributed by atoms with Crippen molar-refractivity contribution in [1.82, 2.24) is 9.97 Å². The lowest BCUT2D eigenvalue weighted by Gasteiger charge is -2.32. The summed E-state index contributed by atoms with van der Waals surface area (Å²) in [6, 6.07) is 75.6. The number of aromatic nitrogens is 2. The molecule has 0 unspecified atom stereocenters. The lowest BCUT2D eigenvalue weighted by atomic mass is 9.69. The van der Waals surface area contributed by atoms with E-state index in [1.165, 1.54) is 88.0 Å². The van der Waals surface area contributed by atoms with E-state index in [1.54, 1.807) is 0 Å². The molecule has 0 N–H and O–H groups in total. The maximum atomic E-state index is 5.34. The Balaban J connectivity index is 1.06. The summed E-state index contributed by atoms with van der Waals surface area (Å²) in [7, 11) is 0. The third-order valence-electron chi connectivity index (χ3n) is 13.0. The predicted octanol–water partition coefficient (Wildman–Crippen LogP) is 14.4. The van der Waals surface area contributed by atoms with Crippen molar-refractivity contribution in [3.63, 3.8) is 0 Å². The monoisotopic (exact) mass is 746 g/mol. The summed E-state index contributed by atoms with van der Waals surface area (Å²) in [6.07, 6.45) is 0. The SMILES string of the molecule is c1ccc(-c2ccc(-c3nc(-c4ccc5cc6c(cc5c4)C4(c5ccccc5-c5ccccc54)c4c-6c5ccccc5c5ccccc45)nc4ccccc34)cc2)cc1. The van der Waals surface area contributed by atoms with E-state index >= 15 is 0 Å². The third kappa shape index (κ3) is 4.46. The van der Waals surface area contributed by atoms with Crippen molar-refractivity contribution in [3.8, 4) is 56.0 Å². The molecule has 13 rings (SSSR count). The molecule has 0 saturated heterocycles. The minimum Gasteiger partial charge on any atom is -0.228 e. The minimum absolute atomic E-state index is 0.496. The van der Waals surface area contributed by atoms with Gasteiger partial charge in [0, 0.05) is 16.5 Å². The van der Waals surface area contributed by atoms with E-state index < -0.39 is 5.41 Å². The molecule has 272 valence electrons. The zero-order valence-corrected chi connectivity index (χ0v) is 32.0. The van der Waals surface area contributed by atoms with Crippen LogP contribution in [0.2, 0.25) is 0 Å². The van der Waals surface area contributed by atoms with Gasteiger partial charge in [-0.3, -0.25) is 0 Å². The Morgan fingerprint density at radius 1 is 0.322 bits per heavy atom. The fraction of sp³-hybridized carbons (Fsp3) is 0.0175. The first-order valence-electron chi connectivity index (χ1n) is 20.4. The summed E-state index contributed by atoms with van der Waals surface area (Å²) < 4.78 is 0. The second-order valence-corrected chi connectivity index (χ2v) is 16.0. The van der Waals surface area contributed by atoms with Crippen LogP contribution in [0.1, 0.15) is 22.3 Å². The third-order valence-corrected chi connectivity index (χ3v) is 13.0. The highest BCUT2D eigenvalue weighted by Gasteiger charge is 2.53. The molecule has 0 amide bonds. The normalized spacial score (nSPS) is 13.2. The molecule has 0 fully saturated rings. The van der Waals surface area contributed by atoms with Crippen LogP contribution in [0.15, 0.2) is 206 Å². The number of benzene rings is 10. The van der Waals surface area contributed by atoms with E-state index in [1.807, 2.05) is 0 Å². The molecular formula is C57H34N2. The maximum absolute atomic E-state index is 5.34. The van der Waals surface area contributed by atoms with Crippen molar-refractivity contribution in [2.45, 2.75) is 5.41 Å². The molecule has 0 atom stereocenters. The van der Waals surface area contributed by atoms with Crippen LogP contribution in [0.4, 0.5) is 0 Å². The molecule has 0 radical (unpaired) electrons. The fourth-order valence-corrected chi connectivity index (χ4v) is 10.6. The summed E-state index contributed by atoms with van der Waals surface area (Å²) in [5, 5.41) is 8.61. The summed E-state index contributed by atoms with van der Waals surface area (Å²) in [6.45, 7) is 0. The highest BCUT2D eigenvalue weighted by atomic mass is 14.9. The second kappa shape index (κ2) is 12.2. The van der Waals surface area contributed by atoms with Gasteiger partial charge in [-0.05, 0) is 112 Å². The quantitative estimate of drug-likeness (QED) is 0.168. The van der Waals surface area contributed by atoms with Crippen LogP contribution in [0.5, 0.6) is 0 Å². The zero-order valence-electron chi connectivity index (χ0n) is 32.0. The van der Waals surface area contributed by atoms with Crippen molar-refractivity contribution in [2.24, 2.45) is 0 Å². The number of nitrogens with zero attached hydrogens (tertiary/aromatic N) is 2. The van der Waals surface area contributed by atoms with Crippen molar-refractivity contribution in [1.29, 1.82) is 0 Å². The van der Waals surface area contributed by atoms with Gasteiger partial charge in [0.2, 0.25) is 0 Å². The molecule has 59 heavy (non-hydrogen) atoms. The first kappa shape index (κ1) is 32.4. The summed E-state index contributed by atoms with van der Waals surface area (Å²) in [4.78, 5) is 10.5. The molecule has 2 aliphatic rings. The Bertz CT molecular complexity index is 3500. The molecule has 11 aromatic rings. The molecule has 0 bridgehead atoms. The van der Waals surface area contributed by atoms with Gasteiger partial charge in [-0.2, -0.15) is 0 Å². The largest absolute Gasteiger partial charge is 0.228 e. The zero-order chi connectivity index (χ0) is 38.7. The Labute approximate surface area is 341 Å². The molecular weight excluding hydrogens is 713 g/mol. The van der Waals surface area contributed by atoms with Gasteiger partial charge in [-0.25, -0.2) is 9.97 Å². The second-order valence-electron chi connectivity index (χ2n) is 16.0. The summed E-state index contributed by atoms with van der Waals surface area (Å²) in [5.74, 6) is 0.722. The van der Waals surface area contributed by atoms with Crippen LogP contribution in [-0.4, -0.2) is 9.97 Å². The standard InChI is InChI=1S/C57H34N2/c1-2-14-35(15-3-1)36-26-28-37(29-27-36)55-47-22-10-13-25-52(47)58-56(59-55)39-31-30-38-33-48-51(34-40(38)32-39)57(49-23-11-8-18-43(49)44-19-9-12-24-50(44)57)54-46-21-7-5-17-42(46)41-16-4-6-20-45(41)53(48)54/h1-34H. The van der Waals surface area contributed by atoms with E-state index in [-0.39, 0.29) is 0 Å². The van der Waals surface area contributed by atoms with E-state index in [4.69, 9.17) is 9.97 Å². The van der Waals surface area contributed by atoms with Gasteiger partial charge >= 0.3 is 0 Å². The van der Waals surface area contributed by atoms with Crippen molar-refractivity contribution in [3.05, 3.63) is 229 Å². The Morgan fingerprint density at radius 3 is 1.63 bits per heavy atom. The highest BCUT2D eigenvalue weighted by Crippen LogP contribution is 2.65. The Morgan fingerprint density at radius 2 is 0.881 bits per heavy atom. The molecule has 1 aromatic heterocycles. The number of fused-ring (bicyclic) bond motifs is 17. The molecule has 2 nitrogen and oxygen atoms in total. The van der Waals surface area contributed by atoms with Crippen LogP contribution in [0.25, 0.3) is 99.2 Å². The molecule has 2 heteroatoms. The van der Waals surface area contributed by atoms with E-state index in [0.29, 0.717) is 0 Å². The highest BCUT2D eigenvalue weighted by molar-refractivity contribution is 6.20. The predicted molar refractivity (Wildman–Crippen MR) is 245 cm³/mol. The van der Waals surface area contributed by atoms with Crippen molar-refractivity contribution in [2.75, 3.05) is 0 Å². The Kier molecular flexibility index (Phi) is 6.68. The molecule has 1 spiro atoms. The lowest BCUT2D eigenvalue weighted by Crippen LogP contribution is -2.26. The Hall–Kier alpha value is -7.68. The molecule has 10 aromatic carbocycles. The van der Waals surface area contributed by atoms with Crippen molar-refractivity contribution >= 4 is 43.2 Å². The molecule has 2 aliphatic carbocycles. The first-order valence-corrected chi connectivity index (χ1v) is 20.4. The van der Waals surface area contributed by atoms with Gasteiger partial charge in [-0.1, -0.05) is 182 Å². The van der Waals surface area contributed by atoms with Gasteiger partial charge in [0.25, 0.3) is 0 Å². The van der Waals surface area contributed by atoms with Crippen LogP contribution in [0.3, 0.4) is 0 Å². The average molecular weight is 747 g/mol. The van der Waals surface area contributed by atoms with Gasteiger partial charge in [0.1, 0.15) is 0 Å². The van der Waals surface area contributed by atoms with Gasteiger partial charge in [0.05, 0.1) is 16.6 Å². The van der Waals surface area contributed by atoms with Gasteiger partial charge in [0.15, 0.2) is 5.82 Å². The minimum atomic E-state index is -0.496. The van der Waals surface area contributed by atoms with E-state index in [9.17, 15) is 0 Å². The number of hydrogen-bond donors (Lipinski definition) is 0. The fourth-order valence-electron chi connectivity index (χ4n) is 10.6.